The van der Waals surface area contributed by atoms with Crippen molar-refractivity contribution < 1.29 is 23.7 Å². The normalized spacial score (nSPS) is 17.7. The lowest BCUT2D eigenvalue weighted by molar-refractivity contribution is -0.134. The monoisotopic (exact) mass is 557 g/mol. The van der Waals surface area contributed by atoms with E-state index in [0.717, 1.165) is 49.2 Å². The van der Waals surface area contributed by atoms with E-state index in [0.29, 0.717) is 41.9 Å². The SMILES string of the molecule is COc1ccc(C2=NN(C(=O)CN3CCC(Cc4ccccc4)CC3)C(c3ccc(OC)cc3OC)C2)c(OC)c1. The highest BCUT2D eigenvalue weighted by Crippen LogP contribution is 2.40. The highest BCUT2D eigenvalue weighted by atomic mass is 16.5. The van der Waals surface area contributed by atoms with Gasteiger partial charge in [0.15, 0.2) is 0 Å². The van der Waals surface area contributed by atoms with Crippen molar-refractivity contribution in [2.24, 2.45) is 11.0 Å². The van der Waals surface area contributed by atoms with Crippen LogP contribution in [-0.4, -0.2) is 69.6 Å². The number of nitrogens with zero attached hydrogens (tertiary/aromatic N) is 3. The van der Waals surface area contributed by atoms with E-state index in [2.05, 4.69) is 35.2 Å². The first-order chi connectivity index (χ1) is 20.0. The average Bonchev–Trinajstić information content (AvgIpc) is 3.47. The summed E-state index contributed by atoms with van der Waals surface area (Å²) in [6, 6.07) is 21.7. The largest absolute Gasteiger partial charge is 0.497 e. The van der Waals surface area contributed by atoms with Crippen LogP contribution in [-0.2, 0) is 11.2 Å². The molecule has 8 nitrogen and oxygen atoms in total. The molecular formula is C33H39N3O5. The van der Waals surface area contributed by atoms with Crippen LogP contribution in [0.2, 0.25) is 0 Å². The first-order valence-electron chi connectivity index (χ1n) is 14.1. The lowest BCUT2D eigenvalue weighted by Gasteiger charge is -2.33. The van der Waals surface area contributed by atoms with Gasteiger partial charge in [-0.25, -0.2) is 5.01 Å². The van der Waals surface area contributed by atoms with E-state index in [9.17, 15) is 4.79 Å². The topological polar surface area (TPSA) is 72.8 Å². The summed E-state index contributed by atoms with van der Waals surface area (Å²) in [7, 11) is 6.51. The van der Waals surface area contributed by atoms with E-state index in [1.165, 1.54) is 5.56 Å². The number of carbonyl (C=O) groups excluding carboxylic acids is 1. The number of hydrazone groups is 1. The van der Waals surface area contributed by atoms with Crippen LogP contribution in [0.4, 0.5) is 0 Å². The molecule has 8 heteroatoms. The zero-order valence-corrected chi connectivity index (χ0v) is 24.3. The lowest BCUT2D eigenvalue weighted by Crippen LogP contribution is -2.42. The van der Waals surface area contributed by atoms with Gasteiger partial charge in [0.25, 0.3) is 5.91 Å². The first-order valence-corrected chi connectivity index (χ1v) is 14.1. The summed E-state index contributed by atoms with van der Waals surface area (Å²) in [5.74, 6) is 3.31. The van der Waals surface area contributed by atoms with Gasteiger partial charge >= 0.3 is 0 Å². The Morgan fingerprint density at radius 1 is 0.829 bits per heavy atom. The summed E-state index contributed by atoms with van der Waals surface area (Å²) in [5.41, 5.74) is 3.88. The highest BCUT2D eigenvalue weighted by Gasteiger charge is 2.36. The molecule has 2 aliphatic rings. The molecule has 2 aliphatic heterocycles. The van der Waals surface area contributed by atoms with Gasteiger partial charge in [-0.2, -0.15) is 5.10 Å². The van der Waals surface area contributed by atoms with Crippen LogP contribution < -0.4 is 18.9 Å². The zero-order chi connectivity index (χ0) is 28.8. The molecule has 0 bridgehead atoms. The second-order valence-corrected chi connectivity index (χ2v) is 10.6. The second kappa shape index (κ2) is 13.1. The highest BCUT2D eigenvalue weighted by molar-refractivity contribution is 6.05. The number of hydrogen-bond donors (Lipinski definition) is 0. The Hall–Kier alpha value is -4.04. The van der Waals surface area contributed by atoms with E-state index in [4.69, 9.17) is 24.0 Å². The van der Waals surface area contributed by atoms with E-state index < -0.39 is 0 Å². The van der Waals surface area contributed by atoms with Crippen LogP contribution in [0.15, 0.2) is 71.8 Å². The number of ether oxygens (including phenoxy) is 4. The van der Waals surface area contributed by atoms with Crippen molar-refractivity contribution in [3.63, 3.8) is 0 Å². The van der Waals surface area contributed by atoms with Gasteiger partial charge in [0.2, 0.25) is 0 Å². The number of likely N-dealkylation sites (tertiary alicyclic amines) is 1. The van der Waals surface area contributed by atoms with Crippen LogP contribution in [0, 0.1) is 5.92 Å². The summed E-state index contributed by atoms with van der Waals surface area (Å²) in [5, 5.41) is 6.54. The Labute approximate surface area is 242 Å². The van der Waals surface area contributed by atoms with Gasteiger partial charge in [0, 0.05) is 29.7 Å². The van der Waals surface area contributed by atoms with Gasteiger partial charge in [0.05, 0.1) is 46.7 Å². The van der Waals surface area contributed by atoms with E-state index in [1.54, 1.807) is 33.4 Å². The fraction of sp³-hybridized carbons (Fsp3) is 0.394. The summed E-state index contributed by atoms with van der Waals surface area (Å²) in [6.07, 6.45) is 3.77. The summed E-state index contributed by atoms with van der Waals surface area (Å²) in [4.78, 5) is 16.1. The first kappa shape index (κ1) is 28.5. The van der Waals surface area contributed by atoms with Gasteiger partial charge in [0.1, 0.15) is 23.0 Å². The number of piperidine rings is 1. The standard InChI is InChI=1S/C33H39N3O5/c1-38-25-10-12-27(31(19-25)40-3)29-21-30(28-13-11-26(39-2)20-32(28)41-4)36(34-29)33(37)22-35-16-14-24(15-17-35)18-23-8-6-5-7-9-23/h5-13,19-20,24,30H,14-18,21-22H2,1-4H3. The third kappa shape index (κ3) is 6.49. The van der Waals surface area contributed by atoms with Gasteiger partial charge in [-0.1, -0.05) is 30.3 Å². The van der Waals surface area contributed by atoms with Gasteiger partial charge in [-0.15, -0.1) is 0 Å². The Balaban J connectivity index is 1.36. The van der Waals surface area contributed by atoms with E-state index >= 15 is 0 Å². The van der Waals surface area contributed by atoms with Crippen LogP contribution in [0.5, 0.6) is 23.0 Å². The predicted molar refractivity (Wildman–Crippen MR) is 159 cm³/mol. The molecule has 5 rings (SSSR count). The molecule has 0 saturated carbocycles. The van der Waals surface area contributed by atoms with Gasteiger partial charge in [-0.05, 0) is 68.1 Å². The molecule has 3 aromatic rings. The molecule has 1 atom stereocenters. The molecule has 1 saturated heterocycles. The maximum atomic E-state index is 13.9. The predicted octanol–water partition coefficient (Wildman–Crippen LogP) is 5.35. The number of benzene rings is 3. The van der Waals surface area contributed by atoms with Crippen molar-refractivity contribution in [1.29, 1.82) is 0 Å². The van der Waals surface area contributed by atoms with Gasteiger partial charge in [-0.3, -0.25) is 9.69 Å². The van der Waals surface area contributed by atoms with Crippen molar-refractivity contribution in [3.8, 4) is 23.0 Å². The smallest absolute Gasteiger partial charge is 0.257 e. The van der Waals surface area contributed by atoms with Crippen molar-refractivity contribution in [2.75, 3.05) is 48.1 Å². The Morgan fingerprint density at radius 3 is 2.15 bits per heavy atom. The zero-order valence-electron chi connectivity index (χ0n) is 24.3. The number of methoxy groups -OCH3 is 4. The Bertz CT molecular complexity index is 1370. The van der Waals surface area contributed by atoms with E-state index in [-0.39, 0.29) is 11.9 Å². The molecule has 3 aromatic carbocycles. The van der Waals surface area contributed by atoms with Crippen LogP contribution >= 0.6 is 0 Å². The minimum atomic E-state index is -0.319. The van der Waals surface area contributed by atoms with Gasteiger partial charge < -0.3 is 18.9 Å². The molecule has 2 heterocycles. The van der Waals surface area contributed by atoms with E-state index in [1.807, 2.05) is 36.4 Å². The minimum Gasteiger partial charge on any atom is -0.497 e. The third-order valence-electron chi connectivity index (χ3n) is 8.12. The fourth-order valence-electron chi connectivity index (χ4n) is 5.84. The quantitative estimate of drug-likeness (QED) is 0.335. The van der Waals surface area contributed by atoms with Crippen molar-refractivity contribution in [3.05, 3.63) is 83.4 Å². The number of hydrogen-bond acceptors (Lipinski definition) is 7. The number of rotatable bonds is 10. The number of carbonyl (C=O) groups is 1. The second-order valence-electron chi connectivity index (χ2n) is 10.6. The molecule has 41 heavy (non-hydrogen) atoms. The molecule has 0 aliphatic carbocycles. The summed E-state index contributed by atoms with van der Waals surface area (Å²) < 4.78 is 22.2. The summed E-state index contributed by atoms with van der Waals surface area (Å²) in [6.45, 7) is 2.12. The fourth-order valence-corrected chi connectivity index (χ4v) is 5.84. The molecule has 1 fully saturated rings. The summed E-state index contributed by atoms with van der Waals surface area (Å²) >= 11 is 0. The molecule has 1 amide bonds. The number of amides is 1. The molecule has 216 valence electrons. The van der Waals surface area contributed by atoms with Crippen LogP contribution in [0.3, 0.4) is 0 Å². The molecule has 0 spiro atoms. The van der Waals surface area contributed by atoms with Crippen LogP contribution in [0.1, 0.15) is 42.0 Å². The molecule has 0 N–H and O–H groups in total. The minimum absolute atomic E-state index is 0.0307. The Kier molecular flexibility index (Phi) is 9.09. The van der Waals surface area contributed by atoms with Crippen molar-refractivity contribution >= 4 is 11.6 Å². The Morgan fingerprint density at radius 2 is 1.49 bits per heavy atom. The maximum Gasteiger partial charge on any atom is 0.257 e. The molecular weight excluding hydrogens is 518 g/mol. The maximum absolute atomic E-state index is 13.9. The van der Waals surface area contributed by atoms with Crippen molar-refractivity contribution in [1.82, 2.24) is 9.91 Å². The molecule has 0 aromatic heterocycles. The lowest BCUT2D eigenvalue weighted by atomic mass is 9.90. The third-order valence-corrected chi connectivity index (χ3v) is 8.12. The van der Waals surface area contributed by atoms with Crippen LogP contribution in [0.25, 0.3) is 0 Å². The average molecular weight is 558 g/mol. The molecule has 0 radical (unpaired) electrons. The van der Waals surface area contributed by atoms with Crippen molar-refractivity contribution in [2.45, 2.75) is 31.7 Å². The molecule has 1 unspecified atom stereocenters.